The summed E-state index contributed by atoms with van der Waals surface area (Å²) in [5, 5.41) is 3.46. The van der Waals surface area contributed by atoms with Crippen LogP contribution in [0.3, 0.4) is 0 Å². The Bertz CT molecular complexity index is 364. The zero-order valence-corrected chi connectivity index (χ0v) is 11.8. The van der Waals surface area contributed by atoms with Crippen LogP contribution in [0, 0.1) is 11.7 Å². The van der Waals surface area contributed by atoms with E-state index in [-0.39, 0.29) is 11.9 Å². The van der Waals surface area contributed by atoms with Gasteiger partial charge >= 0.3 is 0 Å². The number of methoxy groups -OCH3 is 1. The van der Waals surface area contributed by atoms with E-state index in [0.29, 0.717) is 5.92 Å². The van der Waals surface area contributed by atoms with Gasteiger partial charge in [0.05, 0.1) is 7.11 Å². The number of benzene rings is 1. The van der Waals surface area contributed by atoms with Gasteiger partial charge in [-0.3, -0.25) is 0 Å². The van der Waals surface area contributed by atoms with E-state index in [2.05, 4.69) is 19.2 Å². The number of halogens is 1. The van der Waals surface area contributed by atoms with E-state index in [1.54, 1.807) is 19.2 Å². The summed E-state index contributed by atoms with van der Waals surface area (Å²) in [6.07, 6.45) is 2.33. The minimum Gasteiger partial charge on any atom is -0.496 e. The molecule has 102 valence electrons. The average Bonchev–Trinajstić information content (AvgIpc) is 2.39. The lowest BCUT2D eigenvalue weighted by atomic mass is 10.0. The van der Waals surface area contributed by atoms with E-state index >= 15 is 0 Å². The van der Waals surface area contributed by atoms with Gasteiger partial charge in [0.2, 0.25) is 0 Å². The quantitative estimate of drug-likeness (QED) is 0.795. The van der Waals surface area contributed by atoms with Crippen LogP contribution in [-0.2, 0) is 0 Å². The van der Waals surface area contributed by atoms with E-state index in [4.69, 9.17) is 4.74 Å². The van der Waals surface area contributed by atoms with Crippen molar-refractivity contribution in [3.05, 3.63) is 29.6 Å². The average molecular weight is 253 g/mol. The van der Waals surface area contributed by atoms with Gasteiger partial charge in [0.25, 0.3) is 0 Å². The van der Waals surface area contributed by atoms with E-state index < -0.39 is 0 Å². The monoisotopic (exact) mass is 253 g/mol. The number of rotatable bonds is 7. The highest BCUT2D eigenvalue weighted by molar-refractivity contribution is 5.36. The first kappa shape index (κ1) is 15.0. The van der Waals surface area contributed by atoms with E-state index in [0.717, 1.165) is 30.7 Å². The molecule has 1 aromatic rings. The summed E-state index contributed by atoms with van der Waals surface area (Å²) in [5.74, 6) is 1.19. The lowest BCUT2D eigenvalue weighted by Crippen LogP contribution is -2.25. The van der Waals surface area contributed by atoms with Crippen LogP contribution >= 0.6 is 0 Å². The van der Waals surface area contributed by atoms with Crippen molar-refractivity contribution in [2.24, 2.45) is 5.92 Å². The summed E-state index contributed by atoms with van der Waals surface area (Å²) in [5.41, 5.74) is 0.878. The zero-order valence-electron chi connectivity index (χ0n) is 11.8. The first-order valence-corrected chi connectivity index (χ1v) is 6.69. The molecule has 0 spiro atoms. The van der Waals surface area contributed by atoms with Crippen LogP contribution in [-0.4, -0.2) is 13.7 Å². The molecular weight excluding hydrogens is 229 g/mol. The van der Waals surface area contributed by atoms with Gasteiger partial charge in [-0.15, -0.1) is 0 Å². The van der Waals surface area contributed by atoms with Gasteiger partial charge in [0.15, 0.2) is 0 Å². The van der Waals surface area contributed by atoms with Crippen molar-refractivity contribution in [3.63, 3.8) is 0 Å². The molecule has 3 heteroatoms. The maximum Gasteiger partial charge on any atom is 0.123 e. The lowest BCUT2D eigenvalue weighted by Gasteiger charge is -2.20. The molecule has 0 saturated carbocycles. The molecule has 0 aliphatic rings. The molecule has 2 nitrogen and oxygen atoms in total. The molecule has 1 rings (SSSR count). The minimum atomic E-state index is -0.220. The summed E-state index contributed by atoms with van der Waals surface area (Å²) >= 11 is 0. The van der Waals surface area contributed by atoms with Crippen molar-refractivity contribution >= 4 is 0 Å². The van der Waals surface area contributed by atoms with E-state index in [9.17, 15) is 4.39 Å². The molecule has 1 aromatic carbocycles. The largest absolute Gasteiger partial charge is 0.496 e. The molecule has 1 N–H and O–H groups in total. The molecule has 0 amide bonds. The van der Waals surface area contributed by atoms with Gasteiger partial charge in [-0.05, 0) is 37.6 Å². The second-order valence-corrected chi connectivity index (χ2v) is 4.70. The number of hydrogen-bond donors (Lipinski definition) is 1. The summed E-state index contributed by atoms with van der Waals surface area (Å²) < 4.78 is 18.6. The van der Waals surface area contributed by atoms with Crippen LogP contribution < -0.4 is 10.1 Å². The third-order valence-electron chi connectivity index (χ3n) is 3.53. The Labute approximate surface area is 110 Å². The predicted molar refractivity (Wildman–Crippen MR) is 73.4 cm³/mol. The zero-order chi connectivity index (χ0) is 13.5. The molecule has 0 heterocycles. The van der Waals surface area contributed by atoms with Crippen LogP contribution in [0.15, 0.2) is 18.2 Å². The second-order valence-electron chi connectivity index (χ2n) is 4.70. The van der Waals surface area contributed by atoms with Gasteiger partial charge in [-0.2, -0.15) is 0 Å². The molecule has 0 aliphatic carbocycles. The fraction of sp³-hybridized carbons (Fsp3) is 0.600. The number of hydrogen-bond acceptors (Lipinski definition) is 2. The molecule has 0 aromatic heterocycles. The molecule has 0 fully saturated rings. The maximum atomic E-state index is 13.3. The summed E-state index contributed by atoms with van der Waals surface area (Å²) in [7, 11) is 1.62. The summed E-state index contributed by atoms with van der Waals surface area (Å²) in [6, 6.07) is 4.75. The van der Waals surface area contributed by atoms with Crippen molar-refractivity contribution in [1.82, 2.24) is 5.32 Å². The number of nitrogens with one attached hydrogen (secondary N) is 1. The Morgan fingerprint density at radius 2 is 1.94 bits per heavy atom. The Morgan fingerprint density at radius 1 is 1.28 bits per heavy atom. The predicted octanol–water partition coefficient (Wildman–Crippen LogP) is 3.92. The normalized spacial score (nSPS) is 12.8. The highest BCUT2D eigenvalue weighted by Crippen LogP contribution is 2.26. The molecule has 0 radical (unpaired) electrons. The Kier molecular flexibility index (Phi) is 6.13. The molecule has 1 unspecified atom stereocenters. The highest BCUT2D eigenvalue weighted by Gasteiger charge is 2.13. The minimum absolute atomic E-state index is 0.0937. The smallest absolute Gasteiger partial charge is 0.123 e. The molecule has 1 atom stereocenters. The topological polar surface area (TPSA) is 21.3 Å². The molecule has 0 bridgehead atoms. The van der Waals surface area contributed by atoms with Crippen LogP contribution in [0.4, 0.5) is 4.39 Å². The lowest BCUT2D eigenvalue weighted by molar-refractivity contribution is 0.387. The molecular formula is C15H24FNO. The first-order valence-electron chi connectivity index (χ1n) is 6.69. The third kappa shape index (κ3) is 3.98. The van der Waals surface area contributed by atoms with Gasteiger partial charge < -0.3 is 10.1 Å². The van der Waals surface area contributed by atoms with Crippen LogP contribution in [0.2, 0.25) is 0 Å². The first-order chi connectivity index (χ1) is 8.62. The van der Waals surface area contributed by atoms with Gasteiger partial charge in [-0.25, -0.2) is 4.39 Å². The second kappa shape index (κ2) is 7.37. The Hall–Kier alpha value is -1.09. The molecule has 0 saturated heterocycles. The van der Waals surface area contributed by atoms with Gasteiger partial charge in [0, 0.05) is 11.6 Å². The Balaban J connectivity index is 2.71. The van der Waals surface area contributed by atoms with Crippen LogP contribution in [0.5, 0.6) is 5.75 Å². The number of ether oxygens (including phenoxy) is 1. The summed E-state index contributed by atoms with van der Waals surface area (Å²) in [6.45, 7) is 7.39. The highest BCUT2D eigenvalue weighted by atomic mass is 19.1. The third-order valence-corrected chi connectivity index (χ3v) is 3.53. The van der Waals surface area contributed by atoms with Crippen LogP contribution in [0.1, 0.15) is 45.2 Å². The van der Waals surface area contributed by atoms with Gasteiger partial charge in [0.1, 0.15) is 11.6 Å². The SMILES string of the molecule is CCC(CC)CNC(C)c1cc(F)ccc1OC. The fourth-order valence-corrected chi connectivity index (χ4v) is 2.07. The fourth-order valence-electron chi connectivity index (χ4n) is 2.07. The summed E-state index contributed by atoms with van der Waals surface area (Å²) in [4.78, 5) is 0. The van der Waals surface area contributed by atoms with Crippen LogP contribution in [0.25, 0.3) is 0 Å². The van der Waals surface area contributed by atoms with E-state index in [1.807, 2.05) is 6.92 Å². The van der Waals surface area contributed by atoms with E-state index in [1.165, 1.54) is 6.07 Å². The van der Waals surface area contributed by atoms with Crippen molar-refractivity contribution < 1.29 is 9.13 Å². The van der Waals surface area contributed by atoms with Crippen molar-refractivity contribution in [2.45, 2.75) is 39.7 Å². The molecule has 0 aliphatic heterocycles. The van der Waals surface area contributed by atoms with Crippen molar-refractivity contribution in [2.75, 3.05) is 13.7 Å². The Morgan fingerprint density at radius 3 is 2.50 bits per heavy atom. The van der Waals surface area contributed by atoms with Crippen molar-refractivity contribution in [3.8, 4) is 5.75 Å². The molecule has 18 heavy (non-hydrogen) atoms. The van der Waals surface area contributed by atoms with Gasteiger partial charge in [-0.1, -0.05) is 26.7 Å². The maximum absolute atomic E-state index is 13.3. The van der Waals surface area contributed by atoms with Crippen molar-refractivity contribution in [1.29, 1.82) is 0 Å². The standard InChI is InChI=1S/C15H24FNO/c1-5-12(6-2)10-17-11(3)14-9-13(16)7-8-15(14)18-4/h7-9,11-12,17H,5-6,10H2,1-4H3.